The van der Waals surface area contributed by atoms with Crippen molar-refractivity contribution in [1.29, 1.82) is 0 Å². The molecule has 0 spiro atoms. The van der Waals surface area contributed by atoms with E-state index in [1.54, 1.807) is 13.8 Å². The number of phenols is 2. The summed E-state index contributed by atoms with van der Waals surface area (Å²) in [7, 11) is 0. The zero-order valence-electron chi connectivity index (χ0n) is 6.65. The van der Waals surface area contributed by atoms with Crippen molar-refractivity contribution in [3.05, 3.63) is 20.1 Å². The van der Waals surface area contributed by atoms with E-state index in [1.165, 1.54) is 0 Å². The van der Waals surface area contributed by atoms with Gasteiger partial charge in [0.1, 0.15) is 11.5 Å². The van der Waals surface area contributed by atoms with Crippen LogP contribution in [0.15, 0.2) is 8.95 Å². The highest BCUT2D eigenvalue weighted by Gasteiger charge is 2.14. The second kappa shape index (κ2) is 3.26. The molecule has 0 aliphatic rings. The lowest BCUT2D eigenvalue weighted by molar-refractivity contribution is 0.437. The first-order valence-electron chi connectivity index (χ1n) is 3.33. The predicted molar refractivity (Wildman–Crippen MR) is 54.6 cm³/mol. The molecule has 66 valence electrons. The van der Waals surface area contributed by atoms with E-state index in [-0.39, 0.29) is 11.5 Å². The van der Waals surface area contributed by atoms with Crippen molar-refractivity contribution in [2.75, 3.05) is 0 Å². The van der Waals surface area contributed by atoms with Gasteiger partial charge in [0, 0.05) is 15.6 Å². The van der Waals surface area contributed by atoms with Crippen molar-refractivity contribution in [2.45, 2.75) is 13.8 Å². The normalized spacial score (nSPS) is 10.3. The first kappa shape index (κ1) is 9.86. The van der Waals surface area contributed by atoms with Gasteiger partial charge in [-0.3, -0.25) is 0 Å². The molecule has 4 heteroatoms. The molecule has 0 unspecified atom stereocenters. The SMILES string of the molecule is Cc1c(O)c(C)c(Br)c(Br)c1O. The molecule has 1 rings (SSSR count). The van der Waals surface area contributed by atoms with Gasteiger partial charge in [-0.1, -0.05) is 0 Å². The van der Waals surface area contributed by atoms with Crippen LogP contribution in [-0.4, -0.2) is 10.2 Å². The quantitative estimate of drug-likeness (QED) is 0.771. The van der Waals surface area contributed by atoms with E-state index >= 15 is 0 Å². The van der Waals surface area contributed by atoms with E-state index in [9.17, 15) is 10.2 Å². The van der Waals surface area contributed by atoms with Crippen LogP contribution >= 0.6 is 31.9 Å². The van der Waals surface area contributed by atoms with Crippen LogP contribution in [0.1, 0.15) is 11.1 Å². The predicted octanol–water partition coefficient (Wildman–Crippen LogP) is 3.24. The number of hydrogen-bond acceptors (Lipinski definition) is 2. The van der Waals surface area contributed by atoms with Gasteiger partial charge in [-0.15, -0.1) is 0 Å². The van der Waals surface area contributed by atoms with Gasteiger partial charge in [0.25, 0.3) is 0 Å². The summed E-state index contributed by atoms with van der Waals surface area (Å²) in [4.78, 5) is 0. The fraction of sp³-hybridized carbons (Fsp3) is 0.250. The Morgan fingerprint density at radius 1 is 0.833 bits per heavy atom. The average molecular weight is 296 g/mol. The van der Waals surface area contributed by atoms with Gasteiger partial charge in [0.15, 0.2) is 0 Å². The highest BCUT2D eigenvalue weighted by Crippen LogP contribution is 2.42. The highest BCUT2D eigenvalue weighted by molar-refractivity contribution is 9.13. The molecule has 2 nitrogen and oxygen atoms in total. The topological polar surface area (TPSA) is 40.5 Å². The van der Waals surface area contributed by atoms with Gasteiger partial charge in [0.2, 0.25) is 0 Å². The molecule has 0 aliphatic carbocycles. The molecule has 0 aromatic heterocycles. The van der Waals surface area contributed by atoms with Gasteiger partial charge < -0.3 is 10.2 Å². The van der Waals surface area contributed by atoms with Crippen LogP contribution in [0, 0.1) is 13.8 Å². The van der Waals surface area contributed by atoms with Crippen molar-refractivity contribution in [2.24, 2.45) is 0 Å². The molecule has 0 fully saturated rings. The maximum atomic E-state index is 9.48. The molecule has 0 amide bonds. The average Bonchev–Trinajstić information content (AvgIpc) is 2.08. The number of rotatable bonds is 0. The molecule has 0 saturated carbocycles. The first-order valence-corrected chi connectivity index (χ1v) is 4.91. The molecule has 2 N–H and O–H groups in total. The Kier molecular flexibility index (Phi) is 2.68. The fourth-order valence-corrected chi connectivity index (χ4v) is 1.90. The summed E-state index contributed by atoms with van der Waals surface area (Å²) in [5.41, 5.74) is 1.21. The van der Waals surface area contributed by atoms with Crippen molar-refractivity contribution in [3.8, 4) is 11.5 Å². The van der Waals surface area contributed by atoms with Gasteiger partial charge in [0.05, 0.1) is 4.47 Å². The first-order chi connectivity index (χ1) is 5.46. The Hall–Kier alpha value is -0.220. The van der Waals surface area contributed by atoms with E-state index in [1.807, 2.05) is 0 Å². The minimum absolute atomic E-state index is 0.0741. The van der Waals surface area contributed by atoms with Crippen molar-refractivity contribution in [1.82, 2.24) is 0 Å². The summed E-state index contributed by atoms with van der Waals surface area (Å²) >= 11 is 6.45. The third-order valence-electron chi connectivity index (χ3n) is 1.80. The lowest BCUT2D eigenvalue weighted by atomic mass is 10.1. The summed E-state index contributed by atoms with van der Waals surface area (Å²) in [6.45, 7) is 3.44. The zero-order valence-corrected chi connectivity index (χ0v) is 9.82. The van der Waals surface area contributed by atoms with Crippen LogP contribution in [0.3, 0.4) is 0 Å². The van der Waals surface area contributed by atoms with Crippen LogP contribution in [0.25, 0.3) is 0 Å². The number of phenolic OH excluding ortho intramolecular Hbond substituents is 2. The molecule has 0 saturated heterocycles. The van der Waals surface area contributed by atoms with Crippen molar-refractivity contribution < 1.29 is 10.2 Å². The third-order valence-corrected chi connectivity index (χ3v) is 4.09. The van der Waals surface area contributed by atoms with Crippen LogP contribution in [-0.2, 0) is 0 Å². The van der Waals surface area contributed by atoms with Crippen LogP contribution in [0.5, 0.6) is 11.5 Å². The molecule has 0 atom stereocenters. The summed E-state index contributed by atoms with van der Waals surface area (Å²) in [6.07, 6.45) is 0. The molecule has 0 radical (unpaired) electrons. The highest BCUT2D eigenvalue weighted by atomic mass is 79.9. The summed E-state index contributed by atoms with van der Waals surface area (Å²) in [6, 6.07) is 0. The Morgan fingerprint density at radius 2 is 1.33 bits per heavy atom. The molecule has 0 heterocycles. The van der Waals surface area contributed by atoms with Gasteiger partial charge >= 0.3 is 0 Å². The lowest BCUT2D eigenvalue weighted by Crippen LogP contribution is -1.85. The monoisotopic (exact) mass is 294 g/mol. The Balaban J connectivity index is 3.60. The number of aromatic hydroxyl groups is 2. The molecule has 1 aromatic carbocycles. The fourth-order valence-electron chi connectivity index (χ4n) is 0.931. The zero-order chi connectivity index (χ0) is 9.46. The lowest BCUT2D eigenvalue weighted by Gasteiger charge is -2.10. The van der Waals surface area contributed by atoms with Crippen molar-refractivity contribution in [3.63, 3.8) is 0 Å². The van der Waals surface area contributed by atoms with Gasteiger partial charge in [-0.25, -0.2) is 0 Å². The van der Waals surface area contributed by atoms with E-state index in [0.29, 0.717) is 14.5 Å². The number of benzene rings is 1. The van der Waals surface area contributed by atoms with E-state index < -0.39 is 0 Å². The molecule has 12 heavy (non-hydrogen) atoms. The molecule has 1 aromatic rings. The molecular formula is C8H8Br2O2. The summed E-state index contributed by atoms with van der Waals surface area (Å²) in [5, 5.41) is 18.9. The third kappa shape index (κ3) is 1.33. The second-order valence-corrected chi connectivity index (χ2v) is 4.16. The Morgan fingerprint density at radius 3 is 1.83 bits per heavy atom. The largest absolute Gasteiger partial charge is 0.507 e. The summed E-state index contributed by atoms with van der Waals surface area (Å²) < 4.78 is 1.26. The van der Waals surface area contributed by atoms with Crippen LogP contribution in [0.4, 0.5) is 0 Å². The van der Waals surface area contributed by atoms with E-state index in [0.717, 1.165) is 5.56 Å². The van der Waals surface area contributed by atoms with Crippen molar-refractivity contribution >= 4 is 31.9 Å². The minimum Gasteiger partial charge on any atom is -0.507 e. The van der Waals surface area contributed by atoms with Crippen LogP contribution < -0.4 is 0 Å². The molecule has 0 aliphatic heterocycles. The Labute approximate surface area is 87.5 Å². The molecule has 0 bridgehead atoms. The van der Waals surface area contributed by atoms with Gasteiger partial charge in [-0.2, -0.15) is 0 Å². The minimum atomic E-state index is 0.0741. The van der Waals surface area contributed by atoms with E-state index in [2.05, 4.69) is 31.9 Å². The molecular weight excluding hydrogens is 288 g/mol. The maximum absolute atomic E-state index is 9.48. The summed E-state index contributed by atoms with van der Waals surface area (Å²) in [5.74, 6) is 0.201. The Bertz CT molecular complexity index is 229. The number of hydrogen-bond donors (Lipinski definition) is 2. The van der Waals surface area contributed by atoms with E-state index in [4.69, 9.17) is 0 Å². The standard InChI is InChI=1S/C8H8Br2O2/c1-3-5(9)6(10)8(12)4(2)7(3)11/h11-12H,1-2H3. The van der Waals surface area contributed by atoms with Crippen LogP contribution in [0.2, 0.25) is 0 Å². The smallest absolute Gasteiger partial charge is 0.137 e. The second-order valence-electron chi connectivity index (χ2n) is 2.58. The number of halogens is 2. The van der Waals surface area contributed by atoms with Gasteiger partial charge in [-0.05, 0) is 45.7 Å². The maximum Gasteiger partial charge on any atom is 0.137 e.